The third-order valence-electron chi connectivity index (χ3n) is 5.40. The van der Waals surface area contributed by atoms with Gasteiger partial charge in [-0.15, -0.1) is 6.58 Å². The molecule has 0 aliphatic carbocycles. The van der Waals surface area contributed by atoms with E-state index in [2.05, 4.69) is 49.8 Å². The van der Waals surface area contributed by atoms with Gasteiger partial charge in [-0.1, -0.05) is 43.5 Å². The maximum absolute atomic E-state index is 5.69. The Balaban J connectivity index is 1.86. The molecule has 3 aliphatic rings. The lowest BCUT2D eigenvalue weighted by atomic mass is 9.77. The highest BCUT2D eigenvalue weighted by atomic mass is 16.5. The van der Waals surface area contributed by atoms with Gasteiger partial charge < -0.3 is 10.1 Å². The van der Waals surface area contributed by atoms with Gasteiger partial charge in [0.2, 0.25) is 0 Å². The quantitative estimate of drug-likeness (QED) is 0.829. The van der Waals surface area contributed by atoms with E-state index in [0.29, 0.717) is 18.2 Å². The summed E-state index contributed by atoms with van der Waals surface area (Å²) in [5.41, 5.74) is 6.33. The molecule has 136 valence electrons. The van der Waals surface area contributed by atoms with Crippen molar-refractivity contribution in [2.45, 2.75) is 24.9 Å². The number of nitrogens with zero attached hydrogens (tertiary/aromatic N) is 2. The number of benzene rings is 1. The molecule has 0 spiro atoms. The molecule has 0 bridgehead atoms. The second kappa shape index (κ2) is 6.54. The van der Waals surface area contributed by atoms with Gasteiger partial charge in [-0.05, 0) is 30.7 Å². The zero-order valence-electron chi connectivity index (χ0n) is 15.5. The van der Waals surface area contributed by atoms with E-state index < -0.39 is 0 Å². The fourth-order valence-electron chi connectivity index (χ4n) is 4.27. The summed E-state index contributed by atoms with van der Waals surface area (Å²) in [6, 6.07) is 8.21. The molecule has 1 aromatic carbocycles. The highest BCUT2D eigenvalue weighted by Gasteiger charge is 2.41. The van der Waals surface area contributed by atoms with Crippen LogP contribution in [0.4, 0.5) is 0 Å². The van der Waals surface area contributed by atoms with E-state index in [9.17, 15) is 0 Å². The number of rotatable bonds is 3. The molecule has 0 fully saturated rings. The van der Waals surface area contributed by atoms with Crippen LogP contribution in [0.2, 0.25) is 0 Å². The number of allylic oxidation sites excluding steroid dienone is 2. The monoisotopic (exact) mass is 357 g/mol. The average Bonchev–Trinajstić information content (AvgIpc) is 2.91. The summed E-state index contributed by atoms with van der Waals surface area (Å²) in [6.07, 6.45) is 3.72. The first-order valence-electron chi connectivity index (χ1n) is 9.05. The predicted molar refractivity (Wildman–Crippen MR) is 111 cm³/mol. The summed E-state index contributed by atoms with van der Waals surface area (Å²) in [6.45, 7) is 18.6. The third-order valence-corrected chi connectivity index (χ3v) is 5.40. The van der Waals surface area contributed by atoms with E-state index in [-0.39, 0.29) is 18.0 Å². The second-order valence-corrected chi connectivity index (χ2v) is 6.92. The topological polar surface area (TPSA) is 46.0 Å². The molecule has 0 saturated carbocycles. The van der Waals surface area contributed by atoms with E-state index in [1.807, 2.05) is 25.1 Å². The molecule has 27 heavy (non-hydrogen) atoms. The smallest absolute Gasteiger partial charge is 0.186 e. The Kier molecular flexibility index (Phi) is 4.19. The standard InChI is InChI=1S/C23H23N3O/c1-6-19-16-10-8-9-11-17(16)22(20(7-2)26-19)23-18-12-24-15(5)27-14(4)21(18)13(3)25-23/h6-11,20,22-24H,1-2,4-5,12H2,3H3. The van der Waals surface area contributed by atoms with Crippen LogP contribution in [0.1, 0.15) is 24.0 Å². The molecule has 0 amide bonds. The predicted octanol–water partition coefficient (Wildman–Crippen LogP) is 4.06. The molecule has 3 heterocycles. The maximum Gasteiger partial charge on any atom is 0.186 e. The van der Waals surface area contributed by atoms with Gasteiger partial charge in [0.15, 0.2) is 5.88 Å². The minimum Gasteiger partial charge on any atom is -0.442 e. The summed E-state index contributed by atoms with van der Waals surface area (Å²) >= 11 is 0. The summed E-state index contributed by atoms with van der Waals surface area (Å²) in [7, 11) is 0. The van der Waals surface area contributed by atoms with Crippen LogP contribution in [0.15, 0.2) is 95.5 Å². The fraction of sp³-hybridized carbons (Fsp3) is 0.217. The van der Waals surface area contributed by atoms with Crippen LogP contribution in [0, 0.1) is 0 Å². The van der Waals surface area contributed by atoms with Crippen molar-refractivity contribution in [2.75, 3.05) is 6.54 Å². The minimum atomic E-state index is -0.0815. The van der Waals surface area contributed by atoms with Crippen molar-refractivity contribution in [1.82, 2.24) is 5.32 Å². The number of fused-ring (bicyclic) bond motifs is 1. The van der Waals surface area contributed by atoms with Gasteiger partial charge in [0.25, 0.3) is 0 Å². The van der Waals surface area contributed by atoms with Crippen molar-refractivity contribution in [3.05, 3.63) is 96.6 Å². The zero-order chi connectivity index (χ0) is 19.1. The molecule has 1 aromatic rings. The van der Waals surface area contributed by atoms with Crippen molar-refractivity contribution >= 4 is 11.4 Å². The highest BCUT2D eigenvalue weighted by Crippen LogP contribution is 2.42. The van der Waals surface area contributed by atoms with Crippen molar-refractivity contribution < 1.29 is 4.74 Å². The number of nitrogens with one attached hydrogen (secondary N) is 1. The van der Waals surface area contributed by atoms with Gasteiger partial charge in [0, 0.05) is 29.3 Å². The first-order valence-corrected chi connectivity index (χ1v) is 9.05. The lowest BCUT2D eigenvalue weighted by molar-refractivity contribution is 0.298. The third kappa shape index (κ3) is 2.69. The van der Waals surface area contributed by atoms with E-state index in [1.165, 1.54) is 11.1 Å². The average molecular weight is 357 g/mol. The molecule has 0 aromatic heterocycles. The van der Waals surface area contributed by atoms with Crippen LogP contribution in [0.25, 0.3) is 0 Å². The van der Waals surface area contributed by atoms with Crippen LogP contribution in [0.5, 0.6) is 0 Å². The van der Waals surface area contributed by atoms with Crippen LogP contribution in [0.3, 0.4) is 0 Å². The van der Waals surface area contributed by atoms with Crippen molar-refractivity contribution in [2.24, 2.45) is 9.98 Å². The lowest BCUT2D eigenvalue weighted by Gasteiger charge is -2.33. The van der Waals surface area contributed by atoms with E-state index in [0.717, 1.165) is 22.6 Å². The molecule has 3 aliphatic heterocycles. The molecular formula is C23H23N3O. The molecule has 4 nitrogen and oxygen atoms in total. The van der Waals surface area contributed by atoms with Gasteiger partial charge in [0.1, 0.15) is 5.76 Å². The number of hydrogen-bond acceptors (Lipinski definition) is 4. The van der Waals surface area contributed by atoms with E-state index in [4.69, 9.17) is 14.7 Å². The molecule has 4 rings (SSSR count). The molecule has 1 N–H and O–H groups in total. The van der Waals surface area contributed by atoms with Gasteiger partial charge >= 0.3 is 0 Å². The van der Waals surface area contributed by atoms with Crippen LogP contribution in [-0.2, 0) is 4.74 Å². The highest BCUT2D eigenvalue weighted by molar-refractivity contribution is 6.10. The molecule has 3 unspecified atom stereocenters. The van der Waals surface area contributed by atoms with Crippen LogP contribution < -0.4 is 5.32 Å². The SMILES string of the molecule is C=CC1=NC(C=C)C(C2N=C(C)C3=C2CNC(=C)OC3=C)c2ccccc21. The number of hydrogen-bond donors (Lipinski definition) is 1. The van der Waals surface area contributed by atoms with Gasteiger partial charge in [0.05, 0.1) is 17.8 Å². The maximum atomic E-state index is 5.69. The van der Waals surface area contributed by atoms with Gasteiger partial charge in [-0.3, -0.25) is 9.98 Å². The van der Waals surface area contributed by atoms with Crippen molar-refractivity contribution in [3.8, 4) is 0 Å². The van der Waals surface area contributed by atoms with Crippen LogP contribution >= 0.6 is 0 Å². The van der Waals surface area contributed by atoms with Gasteiger partial charge in [-0.25, -0.2) is 0 Å². The molecule has 0 radical (unpaired) electrons. The Hall–Kier alpha value is -3.14. The van der Waals surface area contributed by atoms with Crippen LogP contribution in [-0.4, -0.2) is 30.1 Å². The summed E-state index contributed by atoms with van der Waals surface area (Å²) in [4.78, 5) is 9.91. The zero-order valence-corrected chi connectivity index (χ0v) is 15.5. The molecular weight excluding hydrogens is 334 g/mol. The largest absolute Gasteiger partial charge is 0.442 e. The van der Waals surface area contributed by atoms with Gasteiger partial charge in [-0.2, -0.15) is 0 Å². The normalized spacial score (nSPS) is 26.8. The number of aliphatic imine (C=N–C) groups is 2. The van der Waals surface area contributed by atoms with E-state index >= 15 is 0 Å². The van der Waals surface area contributed by atoms with Crippen molar-refractivity contribution in [1.29, 1.82) is 0 Å². The first kappa shape index (κ1) is 17.3. The Morgan fingerprint density at radius 1 is 1.19 bits per heavy atom. The number of ether oxygens (including phenoxy) is 1. The molecule has 4 heteroatoms. The Labute approximate surface area is 160 Å². The summed E-state index contributed by atoms with van der Waals surface area (Å²) < 4.78 is 5.69. The van der Waals surface area contributed by atoms with Crippen molar-refractivity contribution in [3.63, 3.8) is 0 Å². The first-order chi connectivity index (χ1) is 13.0. The Morgan fingerprint density at radius 3 is 2.70 bits per heavy atom. The summed E-state index contributed by atoms with van der Waals surface area (Å²) in [5, 5.41) is 3.23. The lowest BCUT2D eigenvalue weighted by Crippen LogP contribution is -2.34. The van der Waals surface area contributed by atoms with E-state index in [1.54, 1.807) is 0 Å². The fourth-order valence-corrected chi connectivity index (χ4v) is 4.27. The molecule has 0 saturated heterocycles. The Bertz CT molecular complexity index is 964. The molecule has 3 atom stereocenters. The summed E-state index contributed by atoms with van der Waals surface area (Å²) in [5.74, 6) is 1.17. The Morgan fingerprint density at radius 2 is 1.96 bits per heavy atom. The minimum absolute atomic E-state index is 0.0574. The second-order valence-electron chi connectivity index (χ2n) is 6.92.